The van der Waals surface area contributed by atoms with Gasteiger partial charge in [-0.15, -0.1) is 0 Å². The van der Waals surface area contributed by atoms with Gasteiger partial charge in [0.25, 0.3) is 0 Å². The summed E-state index contributed by atoms with van der Waals surface area (Å²) in [5, 5.41) is 4.37. The standard InChI is InChI=1S/C17H24N2OS/c1-5-12(2)10-21-11-14-8-13-6-7-15(20-4)9-16(13)19-17(14)18-3/h6-9,12H,5,10-11H2,1-4H3,(H,18,19). The van der Waals surface area contributed by atoms with Gasteiger partial charge in [-0.1, -0.05) is 20.3 Å². The highest BCUT2D eigenvalue weighted by Crippen LogP contribution is 2.27. The van der Waals surface area contributed by atoms with E-state index in [9.17, 15) is 0 Å². The van der Waals surface area contributed by atoms with E-state index < -0.39 is 0 Å². The number of thioether (sulfide) groups is 1. The van der Waals surface area contributed by atoms with Gasteiger partial charge in [-0.3, -0.25) is 0 Å². The summed E-state index contributed by atoms with van der Waals surface area (Å²) in [6, 6.07) is 8.27. The number of pyridine rings is 1. The Labute approximate surface area is 131 Å². The maximum atomic E-state index is 5.27. The Hall–Kier alpha value is -1.42. The molecule has 1 aromatic carbocycles. The number of methoxy groups -OCH3 is 1. The lowest BCUT2D eigenvalue weighted by molar-refractivity contribution is 0.415. The van der Waals surface area contributed by atoms with Crippen LogP contribution in [-0.4, -0.2) is 24.9 Å². The third-order valence-corrected chi connectivity index (χ3v) is 5.02. The molecule has 1 heterocycles. The van der Waals surface area contributed by atoms with Crippen LogP contribution >= 0.6 is 11.8 Å². The molecule has 1 unspecified atom stereocenters. The van der Waals surface area contributed by atoms with Crippen LogP contribution < -0.4 is 10.1 Å². The number of hydrogen-bond donors (Lipinski definition) is 1. The van der Waals surface area contributed by atoms with Gasteiger partial charge in [0, 0.05) is 29.8 Å². The molecule has 1 atom stereocenters. The zero-order chi connectivity index (χ0) is 15.2. The SMILES string of the molecule is CCC(C)CSCc1cc2ccc(OC)cc2nc1NC. The van der Waals surface area contributed by atoms with E-state index in [0.29, 0.717) is 0 Å². The van der Waals surface area contributed by atoms with Crippen LogP contribution in [0.15, 0.2) is 24.3 Å². The van der Waals surface area contributed by atoms with Crippen LogP contribution in [0.4, 0.5) is 5.82 Å². The molecule has 0 aliphatic carbocycles. The number of benzene rings is 1. The number of nitrogens with one attached hydrogen (secondary N) is 1. The summed E-state index contributed by atoms with van der Waals surface area (Å²) in [4.78, 5) is 4.72. The largest absolute Gasteiger partial charge is 0.497 e. The van der Waals surface area contributed by atoms with Crippen LogP contribution in [0.1, 0.15) is 25.8 Å². The fourth-order valence-electron chi connectivity index (χ4n) is 2.13. The van der Waals surface area contributed by atoms with E-state index in [2.05, 4.69) is 31.3 Å². The summed E-state index contributed by atoms with van der Waals surface area (Å²) in [6.45, 7) is 4.55. The van der Waals surface area contributed by atoms with Gasteiger partial charge in [0.2, 0.25) is 0 Å². The molecule has 0 spiro atoms. The summed E-state index contributed by atoms with van der Waals surface area (Å²) in [5.41, 5.74) is 2.23. The van der Waals surface area contributed by atoms with Crippen molar-refractivity contribution in [2.75, 3.05) is 25.2 Å². The molecule has 2 aromatic rings. The summed E-state index contributed by atoms with van der Waals surface area (Å²) in [7, 11) is 3.61. The molecular formula is C17H24N2OS. The quantitative estimate of drug-likeness (QED) is 0.813. The van der Waals surface area contributed by atoms with Crippen molar-refractivity contribution in [2.24, 2.45) is 5.92 Å². The second kappa shape index (κ2) is 7.55. The molecule has 21 heavy (non-hydrogen) atoms. The summed E-state index contributed by atoms with van der Waals surface area (Å²) in [5.74, 6) is 4.77. The topological polar surface area (TPSA) is 34.1 Å². The second-order valence-electron chi connectivity index (χ2n) is 5.33. The first-order valence-corrected chi connectivity index (χ1v) is 8.56. The van der Waals surface area contributed by atoms with Crippen molar-refractivity contribution in [3.8, 4) is 5.75 Å². The zero-order valence-electron chi connectivity index (χ0n) is 13.3. The molecule has 0 amide bonds. The number of anilines is 1. The summed E-state index contributed by atoms with van der Waals surface area (Å²) >= 11 is 1.98. The lowest BCUT2D eigenvalue weighted by Gasteiger charge is -2.12. The van der Waals surface area contributed by atoms with Crippen molar-refractivity contribution < 1.29 is 4.74 Å². The molecule has 0 fully saturated rings. The van der Waals surface area contributed by atoms with Gasteiger partial charge in [0.15, 0.2) is 0 Å². The van der Waals surface area contributed by atoms with Gasteiger partial charge in [-0.2, -0.15) is 11.8 Å². The Kier molecular flexibility index (Phi) is 5.74. The predicted octanol–water partition coefficient (Wildman–Crippen LogP) is 4.56. The van der Waals surface area contributed by atoms with Crippen LogP contribution in [-0.2, 0) is 5.75 Å². The minimum absolute atomic E-state index is 0.769. The van der Waals surface area contributed by atoms with Gasteiger partial charge in [0.05, 0.1) is 12.6 Å². The summed E-state index contributed by atoms with van der Waals surface area (Å²) in [6.07, 6.45) is 1.24. The van der Waals surface area contributed by atoms with Crippen LogP contribution in [0.3, 0.4) is 0 Å². The summed E-state index contributed by atoms with van der Waals surface area (Å²) < 4.78 is 5.27. The highest BCUT2D eigenvalue weighted by Gasteiger charge is 2.08. The molecule has 0 aliphatic rings. The Morgan fingerprint density at radius 2 is 2.14 bits per heavy atom. The van der Waals surface area contributed by atoms with E-state index in [1.165, 1.54) is 17.7 Å². The first-order valence-electron chi connectivity index (χ1n) is 7.41. The first kappa shape index (κ1) is 16.0. The average molecular weight is 304 g/mol. The van der Waals surface area contributed by atoms with Crippen molar-refractivity contribution in [1.82, 2.24) is 4.98 Å². The number of fused-ring (bicyclic) bond motifs is 1. The number of ether oxygens (including phenoxy) is 1. The molecule has 0 saturated carbocycles. The molecular weight excluding hydrogens is 280 g/mol. The molecule has 0 bridgehead atoms. The Morgan fingerprint density at radius 3 is 2.81 bits per heavy atom. The van der Waals surface area contributed by atoms with Gasteiger partial charge < -0.3 is 10.1 Å². The third kappa shape index (κ3) is 4.03. The smallest absolute Gasteiger partial charge is 0.130 e. The first-order chi connectivity index (χ1) is 10.2. The van der Waals surface area contributed by atoms with Crippen molar-refractivity contribution in [3.05, 3.63) is 29.8 Å². The number of nitrogens with zero attached hydrogens (tertiary/aromatic N) is 1. The minimum Gasteiger partial charge on any atom is -0.497 e. The fourth-order valence-corrected chi connectivity index (χ4v) is 3.33. The van der Waals surface area contributed by atoms with Crippen LogP contribution in [0.5, 0.6) is 5.75 Å². The molecule has 0 saturated heterocycles. The van der Waals surface area contributed by atoms with Gasteiger partial charge in [-0.25, -0.2) is 4.98 Å². The maximum absolute atomic E-state index is 5.27. The predicted molar refractivity (Wildman–Crippen MR) is 93.5 cm³/mol. The van der Waals surface area contributed by atoms with E-state index in [0.717, 1.165) is 34.1 Å². The number of rotatable bonds is 7. The molecule has 2 rings (SSSR count). The average Bonchev–Trinajstić information content (AvgIpc) is 2.53. The molecule has 3 nitrogen and oxygen atoms in total. The Bertz CT molecular complexity index is 601. The molecule has 0 aliphatic heterocycles. The fraction of sp³-hybridized carbons (Fsp3) is 0.471. The highest BCUT2D eigenvalue weighted by molar-refractivity contribution is 7.98. The highest BCUT2D eigenvalue weighted by atomic mass is 32.2. The van der Waals surface area contributed by atoms with Crippen LogP contribution in [0.25, 0.3) is 10.9 Å². The maximum Gasteiger partial charge on any atom is 0.130 e. The van der Waals surface area contributed by atoms with Gasteiger partial charge in [0.1, 0.15) is 11.6 Å². The molecule has 0 radical (unpaired) electrons. The van der Waals surface area contributed by atoms with E-state index in [-0.39, 0.29) is 0 Å². The molecule has 114 valence electrons. The second-order valence-corrected chi connectivity index (χ2v) is 6.36. The molecule has 1 N–H and O–H groups in total. The van der Waals surface area contributed by atoms with Gasteiger partial charge in [-0.05, 0) is 29.9 Å². The van der Waals surface area contributed by atoms with Crippen molar-refractivity contribution in [1.29, 1.82) is 0 Å². The molecule has 4 heteroatoms. The van der Waals surface area contributed by atoms with Crippen molar-refractivity contribution in [3.63, 3.8) is 0 Å². The minimum atomic E-state index is 0.769. The van der Waals surface area contributed by atoms with E-state index in [4.69, 9.17) is 9.72 Å². The van der Waals surface area contributed by atoms with Gasteiger partial charge >= 0.3 is 0 Å². The monoisotopic (exact) mass is 304 g/mol. The van der Waals surface area contributed by atoms with E-state index in [1.54, 1.807) is 7.11 Å². The van der Waals surface area contributed by atoms with Crippen molar-refractivity contribution >= 4 is 28.5 Å². The van der Waals surface area contributed by atoms with Crippen LogP contribution in [0, 0.1) is 5.92 Å². The number of hydrogen-bond acceptors (Lipinski definition) is 4. The normalized spacial score (nSPS) is 12.4. The van der Waals surface area contributed by atoms with Crippen LogP contribution in [0.2, 0.25) is 0 Å². The lowest BCUT2D eigenvalue weighted by atomic mass is 10.1. The third-order valence-electron chi connectivity index (χ3n) is 3.70. The number of aromatic nitrogens is 1. The van der Waals surface area contributed by atoms with E-state index >= 15 is 0 Å². The van der Waals surface area contributed by atoms with Crippen molar-refractivity contribution in [2.45, 2.75) is 26.0 Å². The van der Waals surface area contributed by atoms with E-state index in [1.807, 2.05) is 30.9 Å². The molecule has 1 aromatic heterocycles. The Morgan fingerprint density at radius 1 is 1.33 bits per heavy atom. The zero-order valence-corrected chi connectivity index (χ0v) is 14.1. The Balaban J connectivity index is 2.22. The lowest BCUT2D eigenvalue weighted by Crippen LogP contribution is -2.01.